The number of nitrogens with one attached hydrogen (secondary N) is 1. The maximum atomic E-state index is 12.4. The molecule has 13 N–H and O–H groups in total. The van der Waals surface area contributed by atoms with Crippen molar-refractivity contribution in [3.63, 3.8) is 0 Å². The molecule has 5 fully saturated rings. The molecule has 320 valence electrons. The molecule has 5 aliphatic rings. The van der Waals surface area contributed by atoms with E-state index in [9.17, 15) is 66.1 Å². The number of carbonyl (C=O) groups excluding carboxylic acids is 1. The molecule has 5 rings (SSSR count). The van der Waals surface area contributed by atoms with Gasteiger partial charge in [0.25, 0.3) is 0 Å². The molecule has 0 aromatic rings. The van der Waals surface area contributed by atoms with Crippen LogP contribution in [0.4, 0.5) is 0 Å². The van der Waals surface area contributed by atoms with Gasteiger partial charge in [0.1, 0.15) is 97.6 Å². The van der Waals surface area contributed by atoms with Gasteiger partial charge in [-0.3, -0.25) is 4.79 Å². The summed E-state index contributed by atoms with van der Waals surface area (Å²) in [7, 11) is 0. The third-order valence-corrected chi connectivity index (χ3v) is 10.6. The van der Waals surface area contributed by atoms with Crippen molar-refractivity contribution in [3.05, 3.63) is 0 Å². The molecule has 0 aromatic carbocycles. The molecule has 25 atom stereocenters. The summed E-state index contributed by atoms with van der Waals surface area (Å²) in [6.45, 7) is 5.77. The van der Waals surface area contributed by atoms with Crippen molar-refractivity contribution in [2.45, 2.75) is 188 Å². The molecule has 0 spiro atoms. The van der Waals surface area contributed by atoms with Crippen LogP contribution < -0.4 is 5.32 Å². The molecule has 55 heavy (non-hydrogen) atoms. The maximum Gasteiger partial charge on any atom is 0.217 e. The molecule has 0 radical (unpaired) electrons. The van der Waals surface area contributed by atoms with Gasteiger partial charge < -0.3 is 109 Å². The van der Waals surface area contributed by atoms with Crippen molar-refractivity contribution in [1.82, 2.24) is 5.32 Å². The fourth-order valence-electron chi connectivity index (χ4n) is 7.17. The minimum Gasteiger partial charge on any atom is -0.394 e. The van der Waals surface area contributed by atoms with Crippen molar-refractivity contribution < 1.29 is 109 Å². The van der Waals surface area contributed by atoms with Crippen LogP contribution in [0.15, 0.2) is 0 Å². The second-order valence-electron chi connectivity index (χ2n) is 14.6. The summed E-state index contributed by atoms with van der Waals surface area (Å²) in [6.07, 6.45) is -38.5. The Balaban J connectivity index is 1.38. The summed E-state index contributed by atoms with van der Waals surface area (Å²) in [5, 5.41) is 131. The number of rotatable bonds is 10. The lowest BCUT2D eigenvalue weighted by Crippen LogP contribution is -2.69. The summed E-state index contributed by atoms with van der Waals surface area (Å²) in [6, 6.07) is -1.53. The molecule has 5 saturated heterocycles. The van der Waals surface area contributed by atoms with Crippen LogP contribution in [-0.4, -0.2) is 227 Å². The Morgan fingerprint density at radius 2 is 0.927 bits per heavy atom. The number of hydrogen-bond donors (Lipinski definition) is 13. The molecule has 0 bridgehead atoms. The molecule has 0 aliphatic carbocycles. The van der Waals surface area contributed by atoms with E-state index in [0.717, 1.165) is 6.92 Å². The Morgan fingerprint density at radius 3 is 1.51 bits per heavy atom. The summed E-state index contributed by atoms with van der Waals surface area (Å²) < 4.78 is 51.4. The topological polar surface area (TPSA) is 355 Å². The number of carbonyl (C=O) groups is 1. The highest BCUT2D eigenvalue weighted by molar-refractivity contribution is 5.73. The summed E-state index contributed by atoms with van der Waals surface area (Å²) in [4.78, 5) is 12.4. The van der Waals surface area contributed by atoms with E-state index >= 15 is 0 Å². The van der Waals surface area contributed by atoms with Crippen LogP contribution in [0.1, 0.15) is 34.6 Å². The predicted octanol–water partition coefficient (Wildman–Crippen LogP) is -7.67. The van der Waals surface area contributed by atoms with Crippen molar-refractivity contribution in [1.29, 1.82) is 0 Å². The minimum absolute atomic E-state index is 0.714. The zero-order chi connectivity index (χ0) is 40.8. The molecule has 1 unspecified atom stereocenters. The molecular weight excluding hydrogens is 750 g/mol. The first-order valence-corrected chi connectivity index (χ1v) is 18.0. The maximum absolute atomic E-state index is 12.4. The van der Waals surface area contributed by atoms with Crippen LogP contribution in [0, 0.1) is 0 Å². The monoisotopic (exact) mass is 805 g/mol. The minimum atomic E-state index is -1.98. The fourth-order valence-corrected chi connectivity index (χ4v) is 7.17. The Labute approximate surface area is 314 Å². The van der Waals surface area contributed by atoms with Gasteiger partial charge in [0.2, 0.25) is 5.91 Å². The quantitative estimate of drug-likeness (QED) is 0.0975. The molecule has 0 saturated carbocycles. The van der Waals surface area contributed by atoms with E-state index < -0.39 is 166 Å². The van der Waals surface area contributed by atoms with Gasteiger partial charge in [-0.15, -0.1) is 0 Å². The van der Waals surface area contributed by atoms with Crippen molar-refractivity contribution in [2.75, 3.05) is 6.61 Å². The second kappa shape index (κ2) is 18.3. The molecule has 1 amide bonds. The average molecular weight is 806 g/mol. The van der Waals surface area contributed by atoms with Crippen LogP contribution in [0.2, 0.25) is 0 Å². The molecule has 23 nitrogen and oxygen atoms in total. The van der Waals surface area contributed by atoms with Gasteiger partial charge in [-0.2, -0.15) is 0 Å². The zero-order valence-electron chi connectivity index (χ0n) is 30.6. The molecular formula is C32H55NO22. The molecule has 23 heteroatoms. The van der Waals surface area contributed by atoms with Crippen LogP contribution in [0.5, 0.6) is 0 Å². The van der Waals surface area contributed by atoms with E-state index in [-0.39, 0.29) is 0 Å². The summed E-state index contributed by atoms with van der Waals surface area (Å²) in [5.41, 5.74) is 0. The van der Waals surface area contributed by atoms with Gasteiger partial charge in [0.15, 0.2) is 31.5 Å². The third-order valence-electron chi connectivity index (χ3n) is 10.6. The number of aliphatic hydroxyl groups excluding tert-OH is 12. The van der Waals surface area contributed by atoms with E-state index in [1.807, 2.05) is 0 Å². The Morgan fingerprint density at radius 1 is 0.473 bits per heavy atom. The predicted molar refractivity (Wildman–Crippen MR) is 172 cm³/mol. The van der Waals surface area contributed by atoms with E-state index in [4.69, 9.17) is 42.6 Å². The van der Waals surface area contributed by atoms with Crippen LogP contribution in [-0.2, 0) is 47.4 Å². The van der Waals surface area contributed by atoms with Gasteiger partial charge in [-0.1, -0.05) is 0 Å². The highest BCUT2D eigenvalue weighted by Crippen LogP contribution is 2.36. The summed E-state index contributed by atoms with van der Waals surface area (Å²) in [5.74, 6) is -0.714. The van der Waals surface area contributed by atoms with Crippen LogP contribution in [0.25, 0.3) is 0 Å². The first kappa shape index (κ1) is 44.7. The standard InChI is InChI=1S/C32H55NO22/c1-7-15(37)20(42)26(28(46)47-7)54-29-13(33-11(5)35)24(18(40)12(6-34)51-29)52-31-23(45)25(17(39)10(4)49-31)53-32-27(21(43)16(38)9(3)50-32)55-30-22(44)19(41)14(36)8(2)48-30/h7-10,12-32,34,36-46H,6H2,1-5H3,(H,33,35)/t7-,8-,9-,10-,12+,13+,14-,15-,16-,17-,18+,19+,20+,21+,22+,23+,24+,25+,26+,27+,28?,29-,30-,31-,32-/m0/s1. The molecule has 5 aliphatic heterocycles. The molecule has 5 heterocycles. The van der Waals surface area contributed by atoms with Crippen molar-refractivity contribution >= 4 is 5.91 Å². The first-order chi connectivity index (χ1) is 25.8. The largest absolute Gasteiger partial charge is 0.394 e. The van der Waals surface area contributed by atoms with Crippen molar-refractivity contribution in [3.8, 4) is 0 Å². The van der Waals surface area contributed by atoms with E-state index in [1.165, 1.54) is 27.7 Å². The average Bonchev–Trinajstić information content (AvgIpc) is 3.13. The number of amides is 1. The van der Waals surface area contributed by atoms with E-state index in [2.05, 4.69) is 5.32 Å². The highest BCUT2D eigenvalue weighted by Gasteiger charge is 2.56. The third kappa shape index (κ3) is 9.27. The lowest BCUT2D eigenvalue weighted by molar-refractivity contribution is -0.391. The fraction of sp³-hybridized carbons (Fsp3) is 0.969. The Hall–Kier alpha value is -1.37. The Bertz CT molecular complexity index is 1260. The number of hydrogen-bond acceptors (Lipinski definition) is 22. The van der Waals surface area contributed by atoms with E-state index in [0.29, 0.717) is 0 Å². The SMILES string of the molecule is CC(=O)N[C@H]1[C@H](O[C@H]2C(O)O[C@@H](C)[C@H](O)[C@H]2O)O[C@H](CO)[C@@H](O)[C@@H]1O[C@@H]1O[C@@H](C)[C@H](O)[C@@H](O[C@@H]2O[C@@H](C)[C@H](O)[C@@H](O)[C@H]2O[C@@H]2O[C@@H](C)[C@H](O)[C@@H](O)[C@H]2O)[C@H]1O. The van der Waals surface area contributed by atoms with Gasteiger partial charge in [-0.25, -0.2) is 0 Å². The lowest BCUT2D eigenvalue weighted by Gasteiger charge is -2.50. The molecule has 0 aromatic heterocycles. The van der Waals surface area contributed by atoms with Gasteiger partial charge in [0.05, 0.1) is 31.0 Å². The number of ether oxygens (including phenoxy) is 9. The first-order valence-electron chi connectivity index (χ1n) is 18.0. The second-order valence-corrected chi connectivity index (χ2v) is 14.6. The van der Waals surface area contributed by atoms with Crippen LogP contribution >= 0.6 is 0 Å². The van der Waals surface area contributed by atoms with Crippen molar-refractivity contribution in [2.24, 2.45) is 0 Å². The van der Waals surface area contributed by atoms with Gasteiger partial charge >= 0.3 is 0 Å². The normalized spacial score (nSPS) is 53.8. The van der Waals surface area contributed by atoms with Crippen LogP contribution in [0.3, 0.4) is 0 Å². The number of aliphatic hydroxyl groups is 12. The highest BCUT2D eigenvalue weighted by atomic mass is 16.8. The lowest BCUT2D eigenvalue weighted by atomic mass is 9.94. The zero-order valence-corrected chi connectivity index (χ0v) is 30.6. The van der Waals surface area contributed by atoms with E-state index in [1.54, 1.807) is 0 Å². The van der Waals surface area contributed by atoms with Gasteiger partial charge in [-0.05, 0) is 27.7 Å². The smallest absolute Gasteiger partial charge is 0.217 e. The summed E-state index contributed by atoms with van der Waals surface area (Å²) >= 11 is 0. The Kier molecular flexibility index (Phi) is 14.9. The van der Waals surface area contributed by atoms with Gasteiger partial charge in [0, 0.05) is 6.92 Å².